The highest BCUT2D eigenvalue weighted by molar-refractivity contribution is 5.51. The van der Waals surface area contributed by atoms with Crippen LogP contribution in [0.3, 0.4) is 0 Å². The second-order valence-corrected chi connectivity index (χ2v) is 8.23. The number of unbranched alkanes of at least 4 members (excludes halogenated alkanes) is 11. The van der Waals surface area contributed by atoms with Crippen molar-refractivity contribution in [3.8, 4) is 11.4 Å². The van der Waals surface area contributed by atoms with Crippen molar-refractivity contribution in [2.45, 2.75) is 104 Å². The summed E-state index contributed by atoms with van der Waals surface area (Å²) in [6.45, 7) is 6.39. The quantitative estimate of drug-likeness (QED) is 0.207. The zero-order chi connectivity index (χ0) is 20.6. The third-order valence-electron chi connectivity index (χ3n) is 5.63. The lowest BCUT2D eigenvalue weighted by Gasteiger charge is -2.06. The van der Waals surface area contributed by atoms with Crippen molar-refractivity contribution >= 4 is 0 Å². The van der Waals surface area contributed by atoms with Crippen LogP contribution in [0.1, 0.15) is 97.3 Å². The first kappa shape index (κ1) is 23.5. The molecule has 0 aliphatic heterocycles. The van der Waals surface area contributed by atoms with Crippen LogP contribution in [0.2, 0.25) is 0 Å². The first-order valence-electron chi connectivity index (χ1n) is 12.2. The molecule has 0 fully saturated rings. The Morgan fingerprint density at radius 1 is 0.724 bits per heavy atom. The van der Waals surface area contributed by atoms with Gasteiger partial charge in [0.05, 0.1) is 12.1 Å². The minimum Gasteiger partial charge on any atom is -0.335 e. The molecule has 0 atom stereocenters. The van der Waals surface area contributed by atoms with E-state index in [4.69, 9.17) is 4.84 Å². The summed E-state index contributed by atoms with van der Waals surface area (Å²) in [5, 5.41) is 0. The molecule has 0 radical (unpaired) electrons. The van der Waals surface area contributed by atoms with Crippen LogP contribution in [0, 0.1) is 0 Å². The average Bonchev–Trinajstić information content (AvgIpc) is 3.16. The van der Waals surface area contributed by atoms with Gasteiger partial charge >= 0.3 is 5.82 Å². The molecule has 1 aromatic heterocycles. The molecule has 2 rings (SSSR count). The van der Waals surface area contributed by atoms with Crippen molar-refractivity contribution in [2.75, 3.05) is 6.61 Å². The number of benzene rings is 1. The van der Waals surface area contributed by atoms with Crippen molar-refractivity contribution in [3.05, 3.63) is 42.7 Å². The van der Waals surface area contributed by atoms with Gasteiger partial charge in [-0.3, -0.25) is 0 Å². The van der Waals surface area contributed by atoms with Gasteiger partial charge in [-0.1, -0.05) is 89.8 Å². The SMILES string of the molecule is CCCCCCCCCC[n+]1ccn(OCCCCCCC)c1-c1ccccc1. The van der Waals surface area contributed by atoms with Crippen LogP contribution in [0.15, 0.2) is 42.7 Å². The van der Waals surface area contributed by atoms with E-state index in [2.05, 4.69) is 61.1 Å². The molecule has 3 heteroatoms. The molecule has 3 nitrogen and oxygen atoms in total. The van der Waals surface area contributed by atoms with Crippen LogP contribution in [-0.2, 0) is 6.54 Å². The fourth-order valence-electron chi connectivity index (χ4n) is 3.86. The highest BCUT2D eigenvalue weighted by Gasteiger charge is 2.20. The number of aromatic nitrogens is 2. The van der Waals surface area contributed by atoms with E-state index in [1.165, 1.54) is 88.4 Å². The van der Waals surface area contributed by atoms with Crippen molar-refractivity contribution < 1.29 is 9.40 Å². The Morgan fingerprint density at radius 2 is 1.31 bits per heavy atom. The lowest BCUT2D eigenvalue weighted by atomic mass is 10.1. The van der Waals surface area contributed by atoms with Crippen LogP contribution in [-0.4, -0.2) is 11.3 Å². The second kappa shape index (κ2) is 15.1. The molecule has 0 saturated heterocycles. The first-order valence-corrected chi connectivity index (χ1v) is 12.2. The summed E-state index contributed by atoms with van der Waals surface area (Å²) in [6, 6.07) is 10.7. The summed E-state index contributed by atoms with van der Waals surface area (Å²) in [4.78, 5) is 6.13. The Morgan fingerprint density at radius 3 is 1.97 bits per heavy atom. The number of nitrogens with zero attached hydrogens (tertiary/aromatic N) is 2. The summed E-state index contributed by atoms with van der Waals surface area (Å²) in [5.74, 6) is 1.17. The fraction of sp³-hybridized carbons (Fsp3) is 0.654. The van der Waals surface area contributed by atoms with E-state index in [0.717, 1.165) is 19.6 Å². The molecule has 29 heavy (non-hydrogen) atoms. The molecular formula is C26H43N2O+. The third kappa shape index (κ3) is 9.06. The third-order valence-corrected chi connectivity index (χ3v) is 5.63. The van der Waals surface area contributed by atoms with Crippen molar-refractivity contribution in [1.82, 2.24) is 4.73 Å². The average molecular weight is 400 g/mol. The van der Waals surface area contributed by atoms with E-state index in [0.29, 0.717) is 0 Å². The van der Waals surface area contributed by atoms with Crippen molar-refractivity contribution in [1.29, 1.82) is 0 Å². The Bertz CT molecular complexity index is 635. The lowest BCUT2D eigenvalue weighted by molar-refractivity contribution is -0.686. The maximum absolute atomic E-state index is 6.13. The first-order chi connectivity index (χ1) is 14.4. The Kier molecular flexibility index (Phi) is 12.3. The van der Waals surface area contributed by atoms with E-state index in [1.807, 2.05) is 4.73 Å². The van der Waals surface area contributed by atoms with Gasteiger partial charge in [0.2, 0.25) is 0 Å². The van der Waals surface area contributed by atoms with E-state index in [-0.39, 0.29) is 0 Å². The van der Waals surface area contributed by atoms with Crippen LogP contribution in [0.25, 0.3) is 11.4 Å². The van der Waals surface area contributed by atoms with Crippen LogP contribution in [0.4, 0.5) is 0 Å². The Hall–Kier alpha value is -1.77. The molecule has 0 aliphatic rings. The molecule has 1 aromatic carbocycles. The molecule has 2 aromatic rings. The van der Waals surface area contributed by atoms with Crippen molar-refractivity contribution in [3.63, 3.8) is 0 Å². The number of rotatable bonds is 17. The largest absolute Gasteiger partial charge is 0.335 e. The number of hydrogen-bond acceptors (Lipinski definition) is 1. The molecule has 0 unspecified atom stereocenters. The number of imidazole rings is 1. The van der Waals surface area contributed by atoms with Gasteiger partial charge in [0.1, 0.15) is 12.8 Å². The van der Waals surface area contributed by atoms with Crippen molar-refractivity contribution in [2.24, 2.45) is 0 Å². The molecule has 0 spiro atoms. The molecule has 0 aliphatic carbocycles. The van der Waals surface area contributed by atoms with Gasteiger partial charge in [-0.2, -0.15) is 0 Å². The molecule has 0 bridgehead atoms. The van der Waals surface area contributed by atoms with Gasteiger partial charge in [0.15, 0.2) is 6.20 Å². The van der Waals surface area contributed by atoms with E-state index in [9.17, 15) is 0 Å². The normalized spacial score (nSPS) is 11.1. The fourth-order valence-corrected chi connectivity index (χ4v) is 3.86. The molecular weight excluding hydrogens is 356 g/mol. The van der Waals surface area contributed by atoms with Crippen LogP contribution < -0.4 is 9.40 Å². The summed E-state index contributed by atoms with van der Waals surface area (Å²) < 4.78 is 4.35. The maximum atomic E-state index is 6.13. The van der Waals surface area contributed by atoms with Gasteiger partial charge in [-0.25, -0.2) is 4.57 Å². The van der Waals surface area contributed by atoms with Gasteiger partial charge in [0.25, 0.3) is 0 Å². The van der Waals surface area contributed by atoms with Gasteiger partial charge < -0.3 is 4.84 Å². The second-order valence-electron chi connectivity index (χ2n) is 8.23. The minimum absolute atomic E-state index is 0.788. The van der Waals surface area contributed by atoms with E-state index < -0.39 is 0 Å². The molecule has 0 saturated carbocycles. The summed E-state index contributed by atoms with van der Waals surface area (Å²) >= 11 is 0. The minimum atomic E-state index is 0.788. The van der Waals surface area contributed by atoms with Crippen LogP contribution >= 0.6 is 0 Å². The zero-order valence-electron chi connectivity index (χ0n) is 19.0. The topological polar surface area (TPSA) is 18.0 Å². The molecule has 0 N–H and O–H groups in total. The molecule has 0 amide bonds. The van der Waals surface area contributed by atoms with Gasteiger partial charge in [0, 0.05) is 0 Å². The highest BCUT2D eigenvalue weighted by Crippen LogP contribution is 2.16. The predicted molar refractivity (Wildman–Crippen MR) is 123 cm³/mol. The smallest absolute Gasteiger partial charge is 0.328 e. The van der Waals surface area contributed by atoms with Gasteiger partial charge in [-0.15, -0.1) is 0 Å². The zero-order valence-corrected chi connectivity index (χ0v) is 19.0. The standard InChI is InChI=1S/C26H43N2O/c1-3-5-7-9-10-11-12-17-21-27-22-23-28(29-24-18-13-8-6-4-2)26(27)25-19-15-14-16-20-25/h14-16,19-20,22-23H,3-13,17-18,21,24H2,1-2H3/q+1. The summed E-state index contributed by atoms with van der Waals surface area (Å²) in [6.07, 6.45) is 21.4. The molecule has 1 heterocycles. The maximum Gasteiger partial charge on any atom is 0.328 e. The van der Waals surface area contributed by atoms with E-state index >= 15 is 0 Å². The number of aryl methyl sites for hydroxylation is 1. The Balaban J connectivity index is 1.84. The lowest BCUT2D eigenvalue weighted by Crippen LogP contribution is -2.35. The van der Waals surface area contributed by atoms with E-state index in [1.54, 1.807) is 0 Å². The Labute approximate surface area is 179 Å². The monoisotopic (exact) mass is 399 g/mol. The molecule has 162 valence electrons. The van der Waals surface area contributed by atoms with Crippen LogP contribution in [0.5, 0.6) is 0 Å². The predicted octanol–water partition coefficient (Wildman–Crippen LogP) is 6.98. The summed E-state index contributed by atoms with van der Waals surface area (Å²) in [5.41, 5.74) is 1.23. The van der Waals surface area contributed by atoms with Gasteiger partial charge in [-0.05, 0) is 42.5 Å². The summed E-state index contributed by atoms with van der Waals surface area (Å²) in [7, 11) is 0. The highest BCUT2D eigenvalue weighted by atomic mass is 16.7. The number of hydrogen-bond donors (Lipinski definition) is 0.